The zero-order valence-corrected chi connectivity index (χ0v) is 11.4. The molecule has 2 heterocycles. The van der Waals surface area contributed by atoms with Gasteiger partial charge in [-0.15, -0.1) is 0 Å². The maximum Gasteiger partial charge on any atom is 0.240 e. The van der Waals surface area contributed by atoms with Crippen molar-refractivity contribution in [2.75, 3.05) is 7.05 Å². The van der Waals surface area contributed by atoms with Gasteiger partial charge in [0.2, 0.25) is 10.0 Å². The minimum Gasteiger partial charge on any atom is -0.320 e. The zero-order chi connectivity index (χ0) is 14.2. The van der Waals surface area contributed by atoms with Crippen LogP contribution >= 0.6 is 0 Å². The van der Waals surface area contributed by atoms with E-state index in [0.29, 0.717) is 5.65 Å². The second-order valence-electron chi connectivity index (χ2n) is 4.17. The van der Waals surface area contributed by atoms with Crippen molar-refractivity contribution in [2.45, 2.75) is 4.90 Å². The number of fused-ring (bicyclic) bond motifs is 1. The average molecular weight is 287 g/mol. The van der Waals surface area contributed by atoms with Crippen LogP contribution in [0.5, 0.6) is 0 Å². The molecule has 7 heteroatoms. The predicted octanol–water partition coefficient (Wildman–Crippen LogP) is 1.33. The Labute approximate surface area is 115 Å². The second-order valence-corrected chi connectivity index (χ2v) is 6.06. The number of H-pyrrole nitrogens is 1. The Morgan fingerprint density at radius 2 is 1.95 bits per heavy atom. The number of benzene rings is 1. The van der Waals surface area contributed by atoms with E-state index in [2.05, 4.69) is 26.0 Å². The molecule has 0 saturated carbocycles. The lowest BCUT2D eigenvalue weighted by molar-refractivity contribution is 0.588. The number of hydrogen-bond acceptors (Lipinski definition) is 4. The standard InChI is InChI=1S/C13H11N4O2S/c1-14-20(18,19)11-4-2-9(3-5-11)10-6-12-13(15-7-10)17-8-16-12/h2-7,14H,1H3,(H,15,16,17). The minimum absolute atomic E-state index is 0.228. The van der Waals surface area contributed by atoms with Crippen LogP contribution in [0.2, 0.25) is 0 Å². The molecule has 3 rings (SSSR count). The Balaban J connectivity index is 2.02. The fourth-order valence-corrected chi connectivity index (χ4v) is 2.61. The lowest BCUT2D eigenvalue weighted by Crippen LogP contribution is -2.18. The maximum atomic E-state index is 11.6. The van der Waals surface area contributed by atoms with E-state index in [0.717, 1.165) is 16.6 Å². The number of nitrogens with one attached hydrogen (secondary N) is 2. The number of aromatic nitrogens is 3. The van der Waals surface area contributed by atoms with Crippen LogP contribution in [0.1, 0.15) is 0 Å². The molecule has 0 amide bonds. The molecule has 0 aliphatic carbocycles. The molecule has 1 radical (unpaired) electrons. The molecule has 2 N–H and O–H groups in total. The number of pyridine rings is 1. The molecule has 20 heavy (non-hydrogen) atoms. The third-order valence-corrected chi connectivity index (χ3v) is 4.42. The van der Waals surface area contributed by atoms with E-state index in [1.54, 1.807) is 30.5 Å². The number of rotatable bonds is 3. The summed E-state index contributed by atoms with van der Waals surface area (Å²) in [5.74, 6) is 0. The van der Waals surface area contributed by atoms with Crippen molar-refractivity contribution in [1.82, 2.24) is 19.7 Å². The third kappa shape index (κ3) is 2.17. The molecule has 0 unspecified atom stereocenters. The van der Waals surface area contributed by atoms with Gasteiger partial charge in [0, 0.05) is 11.8 Å². The van der Waals surface area contributed by atoms with E-state index in [9.17, 15) is 8.42 Å². The van der Waals surface area contributed by atoms with Gasteiger partial charge in [-0.25, -0.2) is 23.1 Å². The first kappa shape index (κ1) is 12.8. The van der Waals surface area contributed by atoms with E-state index in [1.807, 2.05) is 6.07 Å². The summed E-state index contributed by atoms with van der Waals surface area (Å²) in [6.07, 6.45) is 4.33. The number of nitrogens with zero attached hydrogens (tertiary/aromatic N) is 2. The van der Waals surface area contributed by atoms with Gasteiger partial charge in [-0.1, -0.05) is 12.1 Å². The van der Waals surface area contributed by atoms with Crippen LogP contribution in [0.15, 0.2) is 41.4 Å². The number of imidazole rings is 1. The summed E-state index contributed by atoms with van der Waals surface area (Å²) in [7, 11) is -2.03. The van der Waals surface area contributed by atoms with Crippen LogP contribution in [0.25, 0.3) is 22.3 Å². The number of aromatic amines is 1. The molecular formula is C13H11N4O2S. The van der Waals surface area contributed by atoms with Crippen LogP contribution in [0.3, 0.4) is 0 Å². The highest BCUT2D eigenvalue weighted by Crippen LogP contribution is 2.22. The largest absolute Gasteiger partial charge is 0.320 e. The predicted molar refractivity (Wildman–Crippen MR) is 74.4 cm³/mol. The molecule has 0 aliphatic rings. The Kier molecular flexibility index (Phi) is 3.00. The van der Waals surface area contributed by atoms with Crippen molar-refractivity contribution in [3.8, 4) is 11.1 Å². The number of hydrogen-bond donors (Lipinski definition) is 2. The quantitative estimate of drug-likeness (QED) is 0.760. The van der Waals surface area contributed by atoms with Crippen LogP contribution in [0, 0.1) is 6.33 Å². The first-order chi connectivity index (χ1) is 9.60. The summed E-state index contributed by atoms with van der Waals surface area (Å²) in [4.78, 5) is 11.3. The van der Waals surface area contributed by atoms with Crippen molar-refractivity contribution >= 4 is 21.2 Å². The van der Waals surface area contributed by atoms with Crippen molar-refractivity contribution in [1.29, 1.82) is 0 Å². The van der Waals surface area contributed by atoms with Gasteiger partial charge in [-0.2, -0.15) is 0 Å². The smallest absolute Gasteiger partial charge is 0.240 e. The summed E-state index contributed by atoms with van der Waals surface area (Å²) in [6.45, 7) is 0. The van der Waals surface area contributed by atoms with E-state index >= 15 is 0 Å². The highest BCUT2D eigenvalue weighted by molar-refractivity contribution is 7.89. The van der Waals surface area contributed by atoms with Gasteiger partial charge >= 0.3 is 0 Å². The molecule has 0 fully saturated rings. The Bertz CT molecular complexity index is 853. The topological polar surface area (TPSA) is 87.7 Å². The van der Waals surface area contributed by atoms with Crippen LogP contribution in [-0.2, 0) is 10.0 Å². The summed E-state index contributed by atoms with van der Waals surface area (Å²) >= 11 is 0. The molecule has 101 valence electrons. The fourth-order valence-electron chi connectivity index (χ4n) is 1.88. The molecule has 0 aliphatic heterocycles. The molecular weight excluding hydrogens is 276 g/mol. The summed E-state index contributed by atoms with van der Waals surface area (Å²) in [5.41, 5.74) is 3.13. The van der Waals surface area contributed by atoms with Gasteiger partial charge < -0.3 is 4.98 Å². The summed E-state index contributed by atoms with van der Waals surface area (Å²) in [5, 5.41) is 0. The van der Waals surface area contributed by atoms with Crippen molar-refractivity contribution in [3.05, 3.63) is 42.9 Å². The van der Waals surface area contributed by atoms with Gasteiger partial charge in [-0.05, 0) is 30.8 Å². The van der Waals surface area contributed by atoms with Crippen LogP contribution in [-0.4, -0.2) is 30.4 Å². The first-order valence-electron chi connectivity index (χ1n) is 5.86. The van der Waals surface area contributed by atoms with E-state index in [4.69, 9.17) is 0 Å². The second kappa shape index (κ2) is 4.69. The van der Waals surface area contributed by atoms with Gasteiger partial charge in [-0.3, -0.25) is 0 Å². The van der Waals surface area contributed by atoms with Crippen molar-refractivity contribution < 1.29 is 8.42 Å². The maximum absolute atomic E-state index is 11.6. The molecule has 0 bridgehead atoms. The van der Waals surface area contributed by atoms with E-state index in [1.165, 1.54) is 7.05 Å². The molecule has 2 aromatic heterocycles. The van der Waals surface area contributed by atoms with Gasteiger partial charge in [0.05, 0.1) is 4.90 Å². The van der Waals surface area contributed by atoms with Crippen molar-refractivity contribution in [3.63, 3.8) is 0 Å². The van der Waals surface area contributed by atoms with Crippen LogP contribution < -0.4 is 4.72 Å². The van der Waals surface area contributed by atoms with E-state index in [-0.39, 0.29) is 4.90 Å². The Morgan fingerprint density at radius 3 is 2.65 bits per heavy atom. The highest BCUT2D eigenvalue weighted by Gasteiger charge is 2.11. The summed E-state index contributed by atoms with van der Waals surface area (Å²) < 4.78 is 25.6. The Hall–Kier alpha value is -2.25. The number of sulfonamides is 1. The van der Waals surface area contributed by atoms with Crippen LogP contribution in [0.4, 0.5) is 0 Å². The lowest BCUT2D eigenvalue weighted by Gasteiger charge is -2.04. The normalized spacial score (nSPS) is 11.8. The third-order valence-electron chi connectivity index (χ3n) is 2.98. The monoisotopic (exact) mass is 287 g/mol. The fraction of sp³-hybridized carbons (Fsp3) is 0.0769. The van der Waals surface area contributed by atoms with Gasteiger partial charge in [0.15, 0.2) is 12.0 Å². The average Bonchev–Trinajstić information content (AvgIpc) is 2.94. The molecule has 0 atom stereocenters. The highest BCUT2D eigenvalue weighted by atomic mass is 32.2. The molecule has 1 aromatic carbocycles. The van der Waals surface area contributed by atoms with Gasteiger partial charge in [0.1, 0.15) is 5.52 Å². The zero-order valence-electron chi connectivity index (χ0n) is 10.6. The SMILES string of the molecule is CNS(=O)(=O)c1ccc(-c2cnc3[nH][c]nc3c2)cc1. The minimum atomic E-state index is -3.41. The Morgan fingerprint density at radius 1 is 1.20 bits per heavy atom. The molecule has 0 spiro atoms. The van der Waals surface area contributed by atoms with Gasteiger partial charge in [0.25, 0.3) is 0 Å². The molecule has 3 aromatic rings. The summed E-state index contributed by atoms with van der Waals surface area (Å²) in [6, 6.07) is 8.47. The molecule has 0 saturated heterocycles. The lowest BCUT2D eigenvalue weighted by atomic mass is 10.1. The van der Waals surface area contributed by atoms with E-state index < -0.39 is 10.0 Å². The molecule has 6 nitrogen and oxygen atoms in total. The first-order valence-corrected chi connectivity index (χ1v) is 7.34. The van der Waals surface area contributed by atoms with Crippen molar-refractivity contribution in [2.24, 2.45) is 0 Å².